The van der Waals surface area contributed by atoms with Crippen molar-refractivity contribution in [2.45, 2.75) is 62.1 Å². The van der Waals surface area contributed by atoms with Gasteiger partial charge in [-0.25, -0.2) is 4.79 Å². The lowest BCUT2D eigenvalue weighted by molar-refractivity contribution is -0.181. The Kier molecular flexibility index (Phi) is 9.99. The molecule has 0 amide bonds. The van der Waals surface area contributed by atoms with Crippen LogP contribution < -0.4 is 11.1 Å². The van der Waals surface area contributed by atoms with Crippen LogP contribution in [-0.2, 0) is 40.5 Å². The number of hydrogen-bond acceptors (Lipinski definition) is 18. The number of methoxy groups -OCH3 is 4. The van der Waals surface area contributed by atoms with Crippen molar-refractivity contribution >= 4 is 34.8 Å². The number of ketones is 4. The number of aliphatic hydroxyl groups is 2. The lowest BCUT2D eigenvalue weighted by Gasteiger charge is -2.52. The Morgan fingerprint density at radius 1 is 1.02 bits per heavy atom. The van der Waals surface area contributed by atoms with Crippen molar-refractivity contribution in [2.24, 2.45) is 10.9 Å². The summed E-state index contributed by atoms with van der Waals surface area (Å²) in [7, 11) is 4.73. The van der Waals surface area contributed by atoms with E-state index in [1.165, 1.54) is 27.2 Å². The van der Waals surface area contributed by atoms with Crippen molar-refractivity contribution in [2.75, 3.05) is 41.6 Å². The number of aliphatic hydroxyl groups excluding tert-OH is 1. The Bertz CT molecular complexity index is 2060. The molecule has 0 aromatic heterocycles. The molecule has 2 aromatic rings. The summed E-state index contributed by atoms with van der Waals surface area (Å²) in [6, 6.07) is 2.19. The molecule has 2 aromatic carbocycles. The van der Waals surface area contributed by atoms with E-state index >= 15 is 0 Å². The third kappa shape index (κ3) is 5.20. The molecule has 18 nitrogen and oxygen atoms in total. The van der Waals surface area contributed by atoms with E-state index in [4.69, 9.17) is 34.3 Å². The van der Waals surface area contributed by atoms with E-state index in [0.717, 1.165) is 26.4 Å². The molecule has 1 saturated heterocycles. The quantitative estimate of drug-likeness (QED) is 0.109. The number of carbonyl (C=O) groups excluding carboxylic acids is 5. The molecule has 18 heteroatoms. The topological polar surface area (TPSA) is 272 Å². The molecule has 4 aliphatic rings. The van der Waals surface area contributed by atoms with Crippen LogP contribution in [0.2, 0.25) is 0 Å². The van der Waals surface area contributed by atoms with E-state index in [1.807, 2.05) is 0 Å². The number of benzene rings is 2. The highest BCUT2D eigenvalue weighted by Crippen LogP contribution is 2.56. The summed E-state index contributed by atoms with van der Waals surface area (Å²) in [4.78, 5) is 75.0. The number of rotatable bonds is 9. The Balaban J connectivity index is 1.48. The van der Waals surface area contributed by atoms with Gasteiger partial charge in [0.1, 0.15) is 41.6 Å². The highest BCUT2D eigenvalue weighted by Gasteiger charge is 2.72. The normalized spacial score (nSPS) is 29.5. The average Bonchev–Trinajstić information content (AvgIpc) is 3.12. The summed E-state index contributed by atoms with van der Waals surface area (Å²) in [6.45, 7) is 3.35. The average molecular weight is 754 g/mol. The molecule has 1 fully saturated rings. The molecule has 288 valence electrons. The van der Waals surface area contributed by atoms with Gasteiger partial charge < -0.3 is 60.0 Å². The van der Waals surface area contributed by atoms with Gasteiger partial charge in [-0.1, -0.05) is 11.2 Å². The van der Waals surface area contributed by atoms with Crippen molar-refractivity contribution in [3.05, 3.63) is 68.4 Å². The number of carbonyl (C=O) groups is 5. The molecule has 4 unspecified atom stereocenters. The van der Waals surface area contributed by atoms with Crippen LogP contribution in [0.3, 0.4) is 0 Å². The van der Waals surface area contributed by atoms with Crippen molar-refractivity contribution in [3.8, 4) is 11.5 Å². The number of aryl methyl sites for hydroxylation is 1. The van der Waals surface area contributed by atoms with Gasteiger partial charge in [-0.15, -0.1) is 0 Å². The highest BCUT2D eigenvalue weighted by molar-refractivity contribution is 6.31. The van der Waals surface area contributed by atoms with Gasteiger partial charge in [-0.3, -0.25) is 19.2 Å². The van der Waals surface area contributed by atoms with Gasteiger partial charge >= 0.3 is 5.97 Å². The molecule has 0 spiro atoms. The maximum atomic E-state index is 14.7. The number of phenols is 2. The number of oxime groups is 1. The second-order valence-corrected chi connectivity index (χ2v) is 13.1. The Labute approximate surface area is 307 Å². The van der Waals surface area contributed by atoms with Gasteiger partial charge in [0.05, 0.1) is 36.1 Å². The van der Waals surface area contributed by atoms with Crippen LogP contribution in [0.1, 0.15) is 75.4 Å². The molecule has 0 saturated carbocycles. The number of nitrogens with one attached hydrogen (secondary N) is 1. The summed E-state index contributed by atoms with van der Waals surface area (Å²) in [5, 5.41) is 54.0. The molecular weight excluding hydrogens is 714 g/mol. The monoisotopic (exact) mass is 753 g/mol. The van der Waals surface area contributed by atoms with Gasteiger partial charge in [0.2, 0.25) is 17.3 Å². The van der Waals surface area contributed by atoms with E-state index in [0.29, 0.717) is 0 Å². The van der Waals surface area contributed by atoms with Gasteiger partial charge in [0, 0.05) is 57.1 Å². The molecular formula is C36H39N3O15. The fourth-order valence-electron chi connectivity index (χ4n) is 7.98. The summed E-state index contributed by atoms with van der Waals surface area (Å²) in [5.74, 6) is -7.66. The molecule has 1 aliphatic heterocycles. The first kappa shape index (κ1) is 38.6. The number of allylic oxidation sites excluding steroid dienone is 2. The molecule has 6 rings (SSSR count). The molecule has 0 radical (unpaired) electrons. The largest absolute Gasteiger partial charge is 0.507 e. The Hall–Kier alpha value is -5.08. The van der Waals surface area contributed by atoms with Gasteiger partial charge in [-0.2, -0.15) is 0 Å². The standard InChI is InChI=1S/C36H39N3O15/c1-13-9-15-10-20(41)36(52-6)32(46)23-17(31(45)35(36,48)24(15)28(44)21(13)34(47)51-5)11-16-22(27(23)43)19(40)12-18(26(16)42)38-33-30(50-4)25(39-53-8-7-37)29(49-3)14(2)54-33/h9,11-12,14,20,29-30,33,38,41,43-44,48H,7-8,10,37H2,1-6H3/b39-25-/t14?,20-,29?,30?,33?,35+,36-/m1/s1. The van der Waals surface area contributed by atoms with Crippen LogP contribution in [0, 0.1) is 6.92 Å². The third-order valence-corrected chi connectivity index (χ3v) is 10.4. The predicted octanol–water partition coefficient (Wildman–Crippen LogP) is -0.280. The highest BCUT2D eigenvalue weighted by atomic mass is 16.6. The van der Waals surface area contributed by atoms with Crippen LogP contribution in [0.25, 0.3) is 0 Å². The van der Waals surface area contributed by atoms with E-state index in [-0.39, 0.29) is 35.7 Å². The molecule has 7 atom stereocenters. The summed E-state index contributed by atoms with van der Waals surface area (Å²) in [6.07, 6.45) is -5.19. The van der Waals surface area contributed by atoms with Gasteiger partial charge in [-0.05, 0) is 31.0 Å². The maximum Gasteiger partial charge on any atom is 0.341 e. The van der Waals surface area contributed by atoms with E-state index in [2.05, 4.69) is 10.5 Å². The number of nitrogens with two attached hydrogens (primary N) is 1. The van der Waals surface area contributed by atoms with Crippen molar-refractivity contribution in [1.82, 2.24) is 5.32 Å². The lowest BCUT2D eigenvalue weighted by atomic mass is 9.56. The van der Waals surface area contributed by atoms with Crippen LogP contribution in [0.5, 0.6) is 11.5 Å². The van der Waals surface area contributed by atoms with E-state index in [1.54, 1.807) is 6.92 Å². The number of hydrogen-bond donors (Lipinski definition) is 6. The van der Waals surface area contributed by atoms with Crippen LogP contribution in [0.4, 0.5) is 0 Å². The first-order valence-corrected chi connectivity index (χ1v) is 16.7. The molecule has 1 heterocycles. The number of ether oxygens (including phenoxy) is 5. The second kappa shape index (κ2) is 14.0. The lowest BCUT2D eigenvalue weighted by Crippen LogP contribution is -2.73. The summed E-state index contributed by atoms with van der Waals surface area (Å²) in [5.41, 5.74) is -4.36. The number of fused-ring (bicyclic) bond motifs is 5. The summed E-state index contributed by atoms with van der Waals surface area (Å²) < 4.78 is 27.5. The van der Waals surface area contributed by atoms with Crippen LogP contribution >= 0.6 is 0 Å². The third-order valence-electron chi connectivity index (χ3n) is 10.4. The van der Waals surface area contributed by atoms with Crippen molar-refractivity contribution < 1.29 is 72.9 Å². The van der Waals surface area contributed by atoms with Crippen LogP contribution in [-0.4, -0.2) is 133 Å². The number of nitrogens with zero attached hydrogens (tertiary/aromatic N) is 1. The maximum absolute atomic E-state index is 14.7. The van der Waals surface area contributed by atoms with Crippen molar-refractivity contribution in [1.29, 1.82) is 0 Å². The first-order valence-electron chi connectivity index (χ1n) is 16.7. The number of phenolic OH excluding ortho intramolecular Hbond substituents is 2. The zero-order valence-corrected chi connectivity index (χ0v) is 30.0. The molecule has 3 aliphatic carbocycles. The minimum Gasteiger partial charge on any atom is -0.507 e. The predicted molar refractivity (Wildman–Crippen MR) is 183 cm³/mol. The van der Waals surface area contributed by atoms with E-state index < -0.39 is 122 Å². The SMILES string of the molecule is COC(=O)c1c(C)cc2c(c1O)[C@]1(O)C(=O)c3cc4c(c(O)c3C(=O)[C@]1(OC)[C@H](O)C2)C(=O)C=C(NC1OC(C)C(OC)/C(=N/OCCN)C1OC)C4=O. The Morgan fingerprint density at radius 2 is 1.70 bits per heavy atom. The first-order chi connectivity index (χ1) is 25.6. The minimum atomic E-state index is -3.24. The molecule has 7 N–H and O–H groups in total. The van der Waals surface area contributed by atoms with E-state index in [9.17, 15) is 44.4 Å². The molecule has 54 heavy (non-hydrogen) atoms. The van der Waals surface area contributed by atoms with Gasteiger partial charge in [0.25, 0.3) is 0 Å². The fourth-order valence-corrected chi connectivity index (χ4v) is 7.98. The number of esters is 1. The second-order valence-electron chi connectivity index (χ2n) is 13.1. The Morgan fingerprint density at radius 3 is 2.31 bits per heavy atom. The molecule has 0 bridgehead atoms. The minimum absolute atomic E-state index is 0.00533. The van der Waals surface area contributed by atoms with Gasteiger partial charge in [0.15, 0.2) is 23.2 Å². The zero-order valence-electron chi connectivity index (χ0n) is 30.0. The number of Topliss-reactive ketones (excluding diaryl/α,β-unsaturated/α-hetero) is 3. The zero-order chi connectivity index (χ0) is 39.6. The van der Waals surface area contributed by atoms with Crippen molar-refractivity contribution in [3.63, 3.8) is 0 Å². The summed E-state index contributed by atoms with van der Waals surface area (Å²) >= 11 is 0. The smallest absolute Gasteiger partial charge is 0.341 e. The number of aromatic hydroxyl groups is 2. The van der Waals surface area contributed by atoms with Crippen LogP contribution in [0.15, 0.2) is 29.1 Å². The fraction of sp³-hybridized carbons (Fsp3) is 0.444.